The second kappa shape index (κ2) is 7.85. The highest BCUT2D eigenvalue weighted by Gasteiger charge is 2.22. The molecule has 0 unspecified atom stereocenters. The zero-order valence-corrected chi connectivity index (χ0v) is 14.9. The molecule has 0 radical (unpaired) electrons. The highest BCUT2D eigenvalue weighted by atomic mass is 16.7. The Morgan fingerprint density at radius 2 is 1.97 bits per heavy atom. The molecule has 0 bridgehead atoms. The molecule has 146 valence electrons. The minimum absolute atomic E-state index is 0.00956. The number of hydrogen-bond donors (Lipinski definition) is 0. The van der Waals surface area contributed by atoms with E-state index in [2.05, 4.69) is 4.98 Å². The van der Waals surface area contributed by atoms with Crippen LogP contribution in [0.25, 0.3) is 17.5 Å². The van der Waals surface area contributed by atoms with Gasteiger partial charge in [0.05, 0.1) is 16.6 Å². The Hall–Kier alpha value is -4.14. The number of carbonyl (C=O) groups excluding carboxylic acids is 1. The van der Waals surface area contributed by atoms with Crippen LogP contribution in [0.15, 0.2) is 59.2 Å². The Labute approximate surface area is 164 Å². The first-order valence-electron chi connectivity index (χ1n) is 8.53. The van der Waals surface area contributed by atoms with E-state index in [4.69, 9.17) is 18.6 Å². The molecule has 0 amide bonds. The Morgan fingerprint density at radius 3 is 2.72 bits per heavy atom. The van der Waals surface area contributed by atoms with Crippen LogP contribution in [0.3, 0.4) is 0 Å². The Morgan fingerprint density at radius 1 is 1.21 bits per heavy atom. The molecular weight excluding hydrogens is 380 g/mol. The summed E-state index contributed by atoms with van der Waals surface area (Å²) in [6, 6.07) is 12.0. The Balaban J connectivity index is 1.41. The van der Waals surface area contributed by atoms with Crippen molar-refractivity contribution in [2.45, 2.75) is 6.61 Å². The van der Waals surface area contributed by atoms with Gasteiger partial charge < -0.3 is 18.6 Å². The molecule has 1 aliphatic heterocycles. The highest BCUT2D eigenvalue weighted by molar-refractivity contribution is 5.88. The summed E-state index contributed by atoms with van der Waals surface area (Å²) in [7, 11) is 0. The van der Waals surface area contributed by atoms with Crippen molar-refractivity contribution in [1.29, 1.82) is 0 Å². The molecule has 0 atom stereocenters. The van der Waals surface area contributed by atoms with E-state index < -0.39 is 10.9 Å². The van der Waals surface area contributed by atoms with E-state index in [0.29, 0.717) is 17.3 Å². The third-order valence-corrected chi connectivity index (χ3v) is 4.05. The number of ether oxygens (including phenoxy) is 3. The first-order valence-corrected chi connectivity index (χ1v) is 8.53. The van der Waals surface area contributed by atoms with Gasteiger partial charge in [0.15, 0.2) is 11.5 Å². The van der Waals surface area contributed by atoms with E-state index in [9.17, 15) is 14.9 Å². The zero-order chi connectivity index (χ0) is 20.2. The molecule has 2 heterocycles. The van der Waals surface area contributed by atoms with Crippen LogP contribution in [0.5, 0.6) is 11.5 Å². The number of rotatable bonds is 6. The van der Waals surface area contributed by atoms with Crippen LogP contribution in [-0.4, -0.2) is 22.7 Å². The standard InChI is InChI=1S/C20H14N2O7/c23-19(26-10-15-11-27-20(21-15)13-4-2-1-3-5-13)7-6-14-8-17-18(29-12-28-17)9-16(14)22(24)25/h1-9,11H,10,12H2/b7-6+. The fourth-order valence-corrected chi connectivity index (χ4v) is 2.68. The number of benzene rings is 2. The van der Waals surface area contributed by atoms with Crippen molar-refractivity contribution in [3.05, 3.63) is 76.2 Å². The van der Waals surface area contributed by atoms with Crippen molar-refractivity contribution < 1.29 is 28.3 Å². The van der Waals surface area contributed by atoms with Crippen molar-refractivity contribution in [3.8, 4) is 23.0 Å². The minimum atomic E-state index is -0.679. The average molecular weight is 394 g/mol. The molecular formula is C20H14N2O7. The topological polar surface area (TPSA) is 114 Å². The van der Waals surface area contributed by atoms with Gasteiger partial charge in [0, 0.05) is 11.6 Å². The summed E-state index contributed by atoms with van der Waals surface area (Å²) in [6.07, 6.45) is 3.80. The van der Waals surface area contributed by atoms with E-state index in [1.54, 1.807) is 0 Å². The predicted octanol–water partition coefficient (Wildman–Crippen LogP) is 3.74. The number of nitro groups is 1. The van der Waals surface area contributed by atoms with Crippen molar-refractivity contribution in [2.24, 2.45) is 0 Å². The lowest BCUT2D eigenvalue weighted by Gasteiger charge is -2.01. The Bertz CT molecular complexity index is 1090. The summed E-state index contributed by atoms with van der Waals surface area (Å²) in [6.45, 7) is -0.104. The number of carbonyl (C=O) groups is 1. The highest BCUT2D eigenvalue weighted by Crippen LogP contribution is 2.38. The zero-order valence-electron chi connectivity index (χ0n) is 14.9. The fourth-order valence-electron chi connectivity index (χ4n) is 2.68. The third-order valence-electron chi connectivity index (χ3n) is 4.05. The summed E-state index contributed by atoms with van der Waals surface area (Å²) in [5.74, 6) is 0.403. The van der Waals surface area contributed by atoms with Gasteiger partial charge in [0.1, 0.15) is 18.6 Å². The maximum atomic E-state index is 12.0. The molecule has 29 heavy (non-hydrogen) atoms. The number of fused-ring (bicyclic) bond motifs is 1. The summed E-state index contributed by atoms with van der Waals surface area (Å²) in [5, 5.41) is 11.2. The number of aromatic nitrogens is 1. The molecule has 1 aromatic heterocycles. The fraction of sp³-hybridized carbons (Fsp3) is 0.100. The van der Waals surface area contributed by atoms with Crippen LogP contribution in [0, 0.1) is 10.1 Å². The number of hydrogen-bond acceptors (Lipinski definition) is 8. The van der Waals surface area contributed by atoms with Gasteiger partial charge in [-0.2, -0.15) is 0 Å². The SMILES string of the molecule is O=C(/C=C/c1cc2c(cc1[N+](=O)[O-])OCO2)OCc1coc(-c2ccccc2)n1. The molecule has 0 saturated carbocycles. The first kappa shape index (κ1) is 18.2. The number of oxazole rings is 1. The quantitative estimate of drug-likeness (QED) is 0.269. The lowest BCUT2D eigenvalue weighted by Crippen LogP contribution is -2.01. The summed E-state index contributed by atoms with van der Waals surface area (Å²) in [5.41, 5.74) is 1.24. The summed E-state index contributed by atoms with van der Waals surface area (Å²) in [4.78, 5) is 26.9. The predicted molar refractivity (Wildman–Crippen MR) is 100.0 cm³/mol. The first-order chi connectivity index (χ1) is 14.1. The van der Waals surface area contributed by atoms with E-state index in [1.807, 2.05) is 30.3 Å². The van der Waals surface area contributed by atoms with Gasteiger partial charge in [0.2, 0.25) is 12.7 Å². The van der Waals surface area contributed by atoms with E-state index in [1.165, 1.54) is 24.5 Å². The number of esters is 1. The minimum Gasteiger partial charge on any atom is -0.456 e. The van der Waals surface area contributed by atoms with Crippen LogP contribution in [0.4, 0.5) is 5.69 Å². The summed E-state index contributed by atoms with van der Waals surface area (Å²) >= 11 is 0. The summed E-state index contributed by atoms with van der Waals surface area (Å²) < 4.78 is 20.8. The van der Waals surface area contributed by atoms with Gasteiger partial charge in [-0.25, -0.2) is 9.78 Å². The van der Waals surface area contributed by atoms with E-state index in [0.717, 1.165) is 11.6 Å². The second-order valence-electron chi connectivity index (χ2n) is 5.97. The average Bonchev–Trinajstić information content (AvgIpc) is 3.39. The molecule has 4 rings (SSSR count). The van der Waals surface area contributed by atoms with Crippen molar-refractivity contribution in [2.75, 3.05) is 6.79 Å². The maximum Gasteiger partial charge on any atom is 0.331 e. The molecule has 0 aliphatic carbocycles. The van der Waals surface area contributed by atoms with Crippen molar-refractivity contribution in [3.63, 3.8) is 0 Å². The van der Waals surface area contributed by atoms with Crippen LogP contribution in [0.2, 0.25) is 0 Å². The van der Waals surface area contributed by atoms with Gasteiger partial charge in [-0.3, -0.25) is 10.1 Å². The third kappa shape index (κ3) is 4.08. The van der Waals surface area contributed by atoms with Gasteiger partial charge in [-0.15, -0.1) is 0 Å². The van der Waals surface area contributed by atoms with Gasteiger partial charge >= 0.3 is 5.97 Å². The molecule has 9 heteroatoms. The van der Waals surface area contributed by atoms with Crippen LogP contribution in [-0.2, 0) is 16.1 Å². The normalized spacial score (nSPS) is 12.3. The van der Waals surface area contributed by atoms with Gasteiger partial charge in [-0.1, -0.05) is 18.2 Å². The maximum absolute atomic E-state index is 12.0. The van der Waals surface area contributed by atoms with Gasteiger partial charge in [0.25, 0.3) is 5.69 Å². The van der Waals surface area contributed by atoms with Crippen LogP contribution in [0.1, 0.15) is 11.3 Å². The van der Waals surface area contributed by atoms with Crippen LogP contribution < -0.4 is 9.47 Å². The number of nitrogens with zero attached hydrogens (tertiary/aromatic N) is 2. The molecule has 0 fully saturated rings. The molecule has 3 aromatic rings. The lowest BCUT2D eigenvalue weighted by atomic mass is 10.1. The van der Waals surface area contributed by atoms with E-state index in [-0.39, 0.29) is 30.4 Å². The van der Waals surface area contributed by atoms with Crippen molar-refractivity contribution >= 4 is 17.7 Å². The smallest absolute Gasteiger partial charge is 0.331 e. The molecule has 1 aliphatic rings. The molecule has 0 N–H and O–H groups in total. The molecule has 0 spiro atoms. The monoisotopic (exact) mass is 394 g/mol. The second-order valence-corrected chi connectivity index (χ2v) is 5.97. The Kier molecular flexibility index (Phi) is 4.93. The van der Waals surface area contributed by atoms with E-state index >= 15 is 0 Å². The van der Waals surface area contributed by atoms with Crippen molar-refractivity contribution in [1.82, 2.24) is 4.98 Å². The molecule has 2 aromatic carbocycles. The molecule has 9 nitrogen and oxygen atoms in total. The number of nitro benzene ring substituents is 1. The lowest BCUT2D eigenvalue weighted by molar-refractivity contribution is -0.385. The molecule has 0 saturated heterocycles. The van der Waals surface area contributed by atoms with Crippen LogP contribution >= 0.6 is 0 Å². The largest absolute Gasteiger partial charge is 0.456 e. The van der Waals surface area contributed by atoms with Gasteiger partial charge in [-0.05, 0) is 24.3 Å².